The normalized spacial score (nSPS) is 31.2. The van der Waals surface area contributed by atoms with Crippen molar-refractivity contribution in [1.29, 1.82) is 0 Å². The molecule has 0 radical (unpaired) electrons. The average Bonchev–Trinajstić information content (AvgIpc) is 2.35. The van der Waals surface area contributed by atoms with E-state index in [9.17, 15) is 18.0 Å². The Balaban J connectivity index is 2.65. The molecular weight excluding hydrogens is 221 g/mol. The summed E-state index contributed by atoms with van der Waals surface area (Å²) in [6.07, 6.45) is -4.94. The van der Waals surface area contributed by atoms with Gasteiger partial charge in [-0.2, -0.15) is 13.2 Å². The van der Waals surface area contributed by atoms with E-state index in [0.29, 0.717) is 6.42 Å². The van der Waals surface area contributed by atoms with Crippen LogP contribution in [0, 0.1) is 0 Å². The molecule has 2 atom stereocenters. The van der Waals surface area contributed by atoms with E-state index in [4.69, 9.17) is 0 Å². The molecule has 0 aliphatic carbocycles. The Labute approximate surface area is 93.0 Å². The number of alkyl halides is 3. The predicted octanol–water partition coefficient (Wildman–Crippen LogP) is 1.89. The van der Waals surface area contributed by atoms with Crippen LogP contribution in [0.25, 0.3) is 0 Å². The quantitative estimate of drug-likeness (QED) is 0.814. The largest absolute Gasteiger partial charge is 0.390 e. The summed E-state index contributed by atoms with van der Waals surface area (Å²) in [7, 11) is 0. The molecule has 2 unspecified atom stereocenters. The molecule has 1 aliphatic rings. The number of carbonyl (C=O) groups excluding carboxylic acids is 1. The van der Waals surface area contributed by atoms with Crippen LogP contribution >= 0.6 is 0 Å². The molecule has 1 fully saturated rings. The van der Waals surface area contributed by atoms with Crippen molar-refractivity contribution in [2.45, 2.75) is 51.5 Å². The van der Waals surface area contributed by atoms with Crippen molar-refractivity contribution >= 4 is 5.91 Å². The molecule has 0 spiro atoms. The Morgan fingerprint density at radius 1 is 1.50 bits per heavy atom. The second kappa shape index (κ2) is 4.24. The summed E-state index contributed by atoms with van der Waals surface area (Å²) in [4.78, 5) is 13.1. The zero-order chi connectivity index (χ0) is 12.6. The number of rotatable bonds is 3. The van der Waals surface area contributed by atoms with Gasteiger partial charge in [0.2, 0.25) is 5.91 Å². The van der Waals surface area contributed by atoms with Crippen LogP contribution in [0.1, 0.15) is 33.6 Å². The number of amides is 1. The number of nitrogens with one attached hydrogen (secondary N) is 1. The van der Waals surface area contributed by atoms with E-state index in [2.05, 4.69) is 5.32 Å². The molecule has 3 nitrogen and oxygen atoms in total. The summed E-state index contributed by atoms with van der Waals surface area (Å²) in [5.41, 5.74) is -0.717. The van der Waals surface area contributed by atoms with E-state index in [0.717, 1.165) is 0 Å². The van der Waals surface area contributed by atoms with Crippen LogP contribution in [0.5, 0.6) is 0 Å². The highest BCUT2D eigenvalue weighted by atomic mass is 19.4. The molecule has 1 saturated heterocycles. The predicted molar refractivity (Wildman–Crippen MR) is 53.7 cm³/mol. The first kappa shape index (κ1) is 13.3. The van der Waals surface area contributed by atoms with Crippen LogP contribution in [0.3, 0.4) is 0 Å². The first-order chi connectivity index (χ1) is 7.19. The lowest BCUT2D eigenvalue weighted by Gasteiger charge is -2.22. The van der Waals surface area contributed by atoms with Gasteiger partial charge < -0.3 is 4.90 Å². The molecule has 1 amide bonds. The maximum absolute atomic E-state index is 12.1. The van der Waals surface area contributed by atoms with Gasteiger partial charge in [0, 0.05) is 6.54 Å². The minimum atomic E-state index is -4.22. The lowest BCUT2D eigenvalue weighted by Crippen LogP contribution is -2.43. The fourth-order valence-corrected chi connectivity index (χ4v) is 1.89. The number of hydrogen-bond donors (Lipinski definition) is 1. The monoisotopic (exact) mass is 238 g/mol. The second-order valence-electron chi connectivity index (χ2n) is 4.37. The highest BCUT2D eigenvalue weighted by Crippen LogP contribution is 2.26. The highest BCUT2D eigenvalue weighted by Gasteiger charge is 2.45. The van der Waals surface area contributed by atoms with Gasteiger partial charge >= 0.3 is 6.18 Å². The Morgan fingerprint density at radius 2 is 2.06 bits per heavy atom. The molecule has 1 rings (SSSR count). The van der Waals surface area contributed by atoms with Crippen LogP contribution in [0.2, 0.25) is 0 Å². The van der Waals surface area contributed by atoms with Gasteiger partial charge in [0.15, 0.2) is 0 Å². The summed E-state index contributed by atoms with van der Waals surface area (Å²) in [5, 5.41) is 3.03. The van der Waals surface area contributed by atoms with Crippen LogP contribution in [0.15, 0.2) is 0 Å². The van der Waals surface area contributed by atoms with Gasteiger partial charge in [-0.3, -0.25) is 10.1 Å². The molecular formula is C10H17F3N2O. The van der Waals surface area contributed by atoms with Crippen molar-refractivity contribution in [3.05, 3.63) is 0 Å². The van der Waals surface area contributed by atoms with Crippen molar-refractivity contribution < 1.29 is 18.0 Å². The minimum Gasteiger partial charge on any atom is -0.325 e. The smallest absolute Gasteiger partial charge is 0.325 e. The maximum Gasteiger partial charge on any atom is 0.390 e. The SMILES string of the molecule is CCC1(C)NC(C)N(CCC(F)(F)F)C1=O. The Morgan fingerprint density at radius 3 is 2.44 bits per heavy atom. The fraction of sp³-hybridized carbons (Fsp3) is 0.900. The third-order valence-corrected chi connectivity index (χ3v) is 3.07. The summed E-state index contributed by atoms with van der Waals surface area (Å²) < 4.78 is 36.2. The fourth-order valence-electron chi connectivity index (χ4n) is 1.89. The standard InChI is InChI=1S/C10H17F3N2O/c1-4-9(3)8(16)15(7(2)14-9)6-5-10(11,12)13/h7,14H,4-6H2,1-3H3. The molecule has 0 aromatic carbocycles. The number of halogens is 3. The first-order valence-electron chi connectivity index (χ1n) is 5.35. The van der Waals surface area contributed by atoms with Crippen LogP contribution < -0.4 is 5.32 Å². The minimum absolute atomic E-state index is 0.244. The van der Waals surface area contributed by atoms with E-state index in [1.54, 1.807) is 13.8 Å². The number of hydrogen-bond acceptors (Lipinski definition) is 2. The molecule has 1 aliphatic heterocycles. The molecule has 6 heteroatoms. The molecule has 0 bridgehead atoms. The molecule has 16 heavy (non-hydrogen) atoms. The number of carbonyl (C=O) groups is 1. The van der Waals surface area contributed by atoms with Gasteiger partial charge in [-0.25, -0.2) is 0 Å². The Bertz CT molecular complexity index is 280. The summed E-state index contributed by atoms with van der Waals surface area (Å²) in [6.45, 7) is 4.99. The Kier molecular flexibility index (Phi) is 3.52. The molecule has 94 valence electrons. The Hall–Kier alpha value is -0.780. The molecule has 0 aromatic rings. The summed E-state index contributed by atoms with van der Waals surface area (Å²) in [5.74, 6) is -0.244. The van der Waals surface area contributed by atoms with Gasteiger partial charge in [0.25, 0.3) is 0 Å². The van der Waals surface area contributed by atoms with Crippen molar-refractivity contribution in [1.82, 2.24) is 10.2 Å². The van der Waals surface area contributed by atoms with Crippen molar-refractivity contribution in [3.8, 4) is 0 Å². The maximum atomic E-state index is 12.1. The van der Waals surface area contributed by atoms with Crippen LogP contribution in [-0.4, -0.2) is 35.2 Å². The third kappa shape index (κ3) is 2.66. The van der Waals surface area contributed by atoms with E-state index >= 15 is 0 Å². The van der Waals surface area contributed by atoms with E-state index in [-0.39, 0.29) is 18.6 Å². The number of nitrogens with zero attached hydrogens (tertiary/aromatic N) is 1. The summed E-state index contributed by atoms with van der Waals surface area (Å²) in [6, 6.07) is 0. The zero-order valence-electron chi connectivity index (χ0n) is 9.69. The van der Waals surface area contributed by atoms with Gasteiger partial charge in [0.1, 0.15) is 0 Å². The van der Waals surface area contributed by atoms with Gasteiger partial charge in [-0.1, -0.05) is 6.92 Å². The molecule has 1 heterocycles. The average molecular weight is 238 g/mol. The molecule has 0 saturated carbocycles. The lowest BCUT2D eigenvalue weighted by molar-refractivity contribution is -0.145. The topological polar surface area (TPSA) is 32.3 Å². The molecule has 0 aromatic heterocycles. The third-order valence-electron chi connectivity index (χ3n) is 3.07. The van der Waals surface area contributed by atoms with E-state index < -0.39 is 18.1 Å². The highest BCUT2D eigenvalue weighted by molar-refractivity contribution is 5.88. The van der Waals surface area contributed by atoms with Gasteiger partial charge in [-0.05, 0) is 20.3 Å². The van der Waals surface area contributed by atoms with Gasteiger partial charge in [-0.15, -0.1) is 0 Å². The second-order valence-corrected chi connectivity index (χ2v) is 4.37. The van der Waals surface area contributed by atoms with Crippen LogP contribution in [-0.2, 0) is 4.79 Å². The van der Waals surface area contributed by atoms with E-state index in [1.165, 1.54) is 4.90 Å². The lowest BCUT2D eigenvalue weighted by atomic mass is 9.99. The van der Waals surface area contributed by atoms with Crippen molar-refractivity contribution in [3.63, 3.8) is 0 Å². The summed E-state index contributed by atoms with van der Waals surface area (Å²) >= 11 is 0. The van der Waals surface area contributed by atoms with Gasteiger partial charge in [0.05, 0.1) is 18.1 Å². The zero-order valence-corrected chi connectivity index (χ0v) is 9.69. The van der Waals surface area contributed by atoms with Crippen LogP contribution in [0.4, 0.5) is 13.2 Å². The molecule has 1 N–H and O–H groups in total. The first-order valence-corrected chi connectivity index (χ1v) is 5.35. The van der Waals surface area contributed by atoms with Crippen molar-refractivity contribution in [2.24, 2.45) is 0 Å². The van der Waals surface area contributed by atoms with Crippen molar-refractivity contribution in [2.75, 3.05) is 6.54 Å². The van der Waals surface area contributed by atoms with E-state index in [1.807, 2.05) is 6.92 Å².